The summed E-state index contributed by atoms with van der Waals surface area (Å²) in [6, 6.07) is 14.8. The molecule has 0 unspecified atom stereocenters. The van der Waals surface area contributed by atoms with E-state index in [-0.39, 0.29) is 22.2 Å². The van der Waals surface area contributed by atoms with Gasteiger partial charge in [0.25, 0.3) is 0 Å². The van der Waals surface area contributed by atoms with Crippen LogP contribution in [0.2, 0.25) is 0 Å². The molecule has 4 nitrogen and oxygen atoms in total. The lowest BCUT2D eigenvalue weighted by molar-refractivity contribution is -0.0328. The Morgan fingerprint density at radius 1 is 1.06 bits per heavy atom. The molecule has 0 atom stereocenters. The van der Waals surface area contributed by atoms with Gasteiger partial charge in [-0.25, -0.2) is 0 Å². The Kier molecular flexibility index (Phi) is 6.02. The molecule has 1 aliphatic rings. The van der Waals surface area contributed by atoms with Crippen LogP contribution in [0.4, 0.5) is 24.5 Å². The van der Waals surface area contributed by atoms with Gasteiger partial charge in [0.2, 0.25) is 0 Å². The molecule has 0 amide bonds. The molecule has 0 bridgehead atoms. The van der Waals surface area contributed by atoms with E-state index in [4.69, 9.17) is 0 Å². The molecular weight excluding hydrogens is 433 g/mol. The number of benzene rings is 2. The van der Waals surface area contributed by atoms with Crippen LogP contribution in [0.25, 0.3) is 10.9 Å². The van der Waals surface area contributed by atoms with Crippen molar-refractivity contribution >= 4 is 34.0 Å². The first kappa shape index (κ1) is 22.7. The largest absolute Gasteiger partial charge is 0.446 e. The Bertz CT molecular complexity index is 1100. The standard InChI is InChI=1S/C24H27F3N4S/c1-23(2)15-30(17-9-11-18(12-10-17)32-24(25,26)27)16-31(23)14-20-19-7-5-6-8-21(19)28-13-22(20)29(3)4/h5-13H,14-16H2,1-4H3. The molecule has 0 N–H and O–H groups in total. The Morgan fingerprint density at radius 3 is 2.41 bits per heavy atom. The molecule has 0 aliphatic carbocycles. The van der Waals surface area contributed by atoms with Gasteiger partial charge in [-0.1, -0.05) is 18.2 Å². The van der Waals surface area contributed by atoms with Crippen molar-refractivity contribution in [2.45, 2.75) is 36.3 Å². The van der Waals surface area contributed by atoms with Crippen LogP contribution in [0.1, 0.15) is 19.4 Å². The molecular formula is C24H27F3N4S. The highest BCUT2D eigenvalue weighted by Crippen LogP contribution is 2.38. The minimum Gasteiger partial charge on any atom is -0.376 e. The van der Waals surface area contributed by atoms with Crippen LogP contribution in [0.3, 0.4) is 0 Å². The highest BCUT2D eigenvalue weighted by molar-refractivity contribution is 8.00. The highest BCUT2D eigenvalue weighted by Gasteiger charge is 2.38. The number of rotatable bonds is 5. The summed E-state index contributed by atoms with van der Waals surface area (Å²) in [7, 11) is 4.05. The fourth-order valence-corrected chi connectivity index (χ4v) is 4.78. The third kappa shape index (κ3) is 4.81. The van der Waals surface area contributed by atoms with Crippen molar-refractivity contribution in [2.75, 3.05) is 37.1 Å². The number of aromatic nitrogens is 1. The first-order chi connectivity index (χ1) is 15.0. The van der Waals surface area contributed by atoms with Crippen molar-refractivity contribution < 1.29 is 13.2 Å². The summed E-state index contributed by atoms with van der Waals surface area (Å²) in [6.07, 6.45) is 1.93. The number of para-hydroxylation sites is 1. The fourth-order valence-electron chi connectivity index (χ4n) is 4.24. The topological polar surface area (TPSA) is 22.6 Å². The van der Waals surface area contributed by atoms with E-state index < -0.39 is 5.51 Å². The molecule has 1 fully saturated rings. The molecule has 1 aromatic heterocycles. The van der Waals surface area contributed by atoms with E-state index in [1.165, 1.54) is 5.56 Å². The minimum atomic E-state index is -4.27. The number of nitrogens with zero attached hydrogens (tertiary/aromatic N) is 4. The molecule has 2 heterocycles. The van der Waals surface area contributed by atoms with E-state index in [9.17, 15) is 13.2 Å². The van der Waals surface area contributed by atoms with E-state index in [1.54, 1.807) is 24.3 Å². The van der Waals surface area contributed by atoms with Gasteiger partial charge in [0.15, 0.2) is 0 Å². The summed E-state index contributed by atoms with van der Waals surface area (Å²) in [5, 5.41) is 1.14. The Labute approximate surface area is 191 Å². The summed E-state index contributed by atoms with van der Waals surface area (Å²) in [5.41, 5.74) is -0.156. The number of fused-ring (bicyclic) bond motifs is 1. The number of halogens is 3. The molecule has 170 valence electrons. The average Bonchev–Trinajstić information content (AvgIpc) is 3.01. The monoisotopic (exact) mass is 460 g/mol. The highest BCUT2D eigenvalue weighted by atomic mass is 32.2. The van der Waals surface area contributed by atoms with Crippen LogP contribution < -0.4 is 9.80 Å². The third-order valence-electron chi connectivity index (χ3n) is 5.91. The molecule has 1 aliphatic heterocycles. The summed E-state index contributed by atoms with van der Waals surface area (Å²) in [5.74, 6) is 0. The van der Waals surface area contributed by atoms with Crippen LogP contribution in [0, 0.1) is 0 Å². The number of hydrogen-bond donors (Lipinski definition) is 0. The lowest BCUT2D eigenvalue weighted by Gasteiger charge is -2.31. The van der Waals surface area contributed by atoms with E-state index in [1.807, 2.05) is 38.5 Å². The van der Waals surface area contributed by atoms with Crippen molar-refractivity contribution in [1.29, 1.82) is 0 Å². The normalized spacial score (nSPS) is 16.7. The summed E-state index contributed by atoms with van der Waals surface area (Å²) in [6.45, 7) is 6.66. The average molecular weight is 461 g/mol. The van der Waals surface area contributed by atoms with Crippen molar-refractivity contribution in [2.24, 2.45) is 0 Å². The van der Waals surface area contributed by atoms with Gasteiger partial charge in [-0.05, 0) is 55.9 Å². The van der Waals surface area contributed by atoms with Crippen molar-refractivity contribution in [1.82, 2.24) is 9.88 Å². The second-order valence-electron chi connectivity index (χ2n) is 8.93. The SMILES string of the molecule is CN(C)c1cnc2ccccc2c1CN1CN(c2ccc(SC(F)(F)F)cc2)CC1(C)C. The van der Waals surface area contributed by atoms with Gasteiger partial charge in [-0.3, -0.25) is 9.88 Å². The Morgan fingerprint density at radius 2 is 1.75 bits per heavy atom. The summed E-state index contributed by atoms with van der Waals surface area (Å²) >= 11 is -0.0800. The van der Waals surface area contributed by atoms with Crippen LogP contribution >= 0.6 is 11.8 Å². The van der Waals surface area contributed by atoms with E-state index in [2.05, 4.69) is 39.6 Å². The number of pyridine rings is 1. The molecule has 1 saturated heterocycles. The van der Waals surface area contributed by atoms with Crippen molar-refractivity contribution in [3.63, 3.8) is 0 Å². The number of alkyl halides is 3. The van der Waals surface area contributed by atoms with Gasteiger partial charge in [0.1, 0.15) is 0 Å². The first-order valence-electron chi connectivity index (χ1n) is 10.4. The number of hydrogen-bond acceptors (Lipinski definition) is 5. The van der Waals surface area contributed by atoms with E-state index >= 15 is 0 Å². The molecule has 0 spiro atoms. The lowest BCUT2D eigenvalue weighted by atomic mass is 10.0. The zero-order chi connectivity index (χ0) is 23.1. The number of thioether (sulfide) groups is 1. The molecule has 0 radical (unpaired) electrons. The van der Waals surface area contributed by atoms with Crippen LogP contribution in [0.5, 0.6) is 0 Å². The summed E-state index contributed by atoms with van der Waals surface area (Å²) < 4.78 is 37.9. The first-order valence-corrected chi connectivity index (χ1v) is 11.2. The van der Waals surface area contributed by atoms with Gasteiger partial charge in [-0.15, -0.1) is 0 Å². The van der Waals surface area contributed by atoms with E-state index in [0.717, 1.165) is 35.4 Å². The minimum absolute atomic E-state index is 0.0800. The predicted octanol–water partition coefficient (Wildman–Crippen LogP) is 5.97. The molecule has 4 rings (SSSR count). The summed E-state index contributed by atoms with van der Waals surface area (Å²) in [4.78, 5) is 11.6. The maximum Gasteiger partial charge on any atom is 0.446 e. The van der Waals surface area contributed by atoms with Crippen molar-refractivity contribution in [3.8, 4) is 0 Å². The second-order valence-corrected chi connectivity index (χ2v) is 10.1. The molecule has 2 aromatic carbocycles. The quantitative estimate of drug-likeness (QED) is 0.436. The number of anilines is 2. The second kappa shape index (κ2) is 8.48. The van der Waals surface area contributed by atoms with Gasteiger partial charge in [-0.2, -0.15) is 13.2 Å². The molecule has 32 heavy (non-hydrogen) atoms. The zero-order valence-corrected chi connectivity index (χ0v) is 19.5. The van der Waals surface area contributed by atoms with Crippen molar-refractivity contribution in [3.05, 3.63) is 60.3 Å². The predicted molar refractivity (Wildman–Crippen MR) is 126 cm³/mol. The van der Waals surface area contributed by atoms with E-state index in [0.29, 0.717) is 6.67 Å². The van der Waals surface area contributed by atoms with Gasteiger partial charge < -0.3 is 9.80 Å². The Hall–Kier alpha value is -2.45. The van der Waals surface area contributed by atoms with Crippen LogP contribution in [-0.4, -0.2) is 48.2 Å². The molecule has 3 aromatic rings. The van der Waals surface area contributed by atoms with Crippen LogP contribution in [-0.2, 0) is 6.54 Å². The van der Waals surface area contributed by atoms with Crippen LogP contribution in [0.15, 0.2) is 59.6 Å². The van der Waals surface area contributed by atoms with Gasteiger partial charge in [0.05, 0.1) is 24.1 Å². The Balaban J connectivity index is 1.59. The zero-order valence-electron chi connectivity index (χ0n) is 18.6. The van der Waals surface area contributed by atoms with Gasteiger partial charge >= 0.3 is 5.51 Å². The lowest BCUT2D eigenvalue weighted by Crippen LogP contribution is -2.39. The maximum absolute atomic E-state index is 12.6. The molecule has 0 saturated carbocycles. The third-order valence-corrected chi connectivity index (χ3v) is 6.65. The molecule has 8 heteroatoms. The fraction of sp³-hybridized carbons (Fsp3) is 0.375. The maximum atomic E-state index is 12.6. The smallest absolute Gasteiger partial charge is 0.376 e. The van der Waals surface area contributed by atoms with Gasteiger partial charge in [0, 0.05) is 54.3 Å².